The van der Waals surface area contributed by atoms with Gasteiger partial charge >= 0.3 is 0 Å². The molecule has 2 aliphatic rings. The van der Waals surface area contributed by atoms with Crippen molar-refractivity contribution in [2.45, 2.75) is 37.6 Å². The third-order valence-electron chi connectivity index (χ3n) is 5.10. The van der Waals surface area contributed by atoms with E-state index >= 15 is 0 Å². The second-order valence-electron chi connectivity index (χ2n) is 7.35. The maximum Gasteiger partial charge on any atom is 0.119 e. The Morgan fingerprint density at radius 2 is 1.56 bits per heavy atom. The molecule has 0 amide bonds. The summed E-state index contributed by atoms with van der Waals surface area (Å²) < 4.78 is 16.0. The molecular weight excluding hydrogens is 316 g/mol. The first-order chi connectivity index (χ1) is 12.0. The maximum absolute atomic E-state index is 10.1. The summed E-state index contributed by atoms with van der Waals surface area (Å²) in [6.07, 6.45) is -0.289. The fourth-order valence-corrected chi connectivity index (χ4v) is 3.04. The Morgan fingerprint density at radius 1 is 1.00 bits per heavy atom. The van der Waals surface area contributed by atoms with E-state index in [4.69, 9.17) is 14.2 Å². The molecule has 2 fully saturated rings. The van der Waals surface area contributed by atoms with Crippen LogP contribution in [0.15, 0.2) is 48.5 Å². The molecule has 2 aliphatic heterocycles. The molecular formula is C21H24O4. The minimum Gasteiger partial charge on any atom is -0.491 e. The molecule has 2 aromatic rings. The number of aliphatic hydroxyl groups is 1. The van der Waals surface area contributed by atoms with E-state index in [9.17, 15) is 5.11 Å². The van der Waals surface area contributed by atoms with Crippen molar-refractivity contribution < 1.29 is 19.3 Å². The van der Waals surface area contributed by atoms with Gasteiger partial charge < -0.3 is 19.3 Å². The monoisotopic (exact) mass is 340 g/mol. The van der Waals surface area contributed by atoms with Crippen LogP contribution in [0, 0.1) is 0 Å². The zero-order valence-electron chi connectivity index (χ0n) is 14.6. The Labute approximate surface area is 148 Å². The lowest BCUT2D eigenvalue weighted by Crippen LogP contribution is -2.19. The first-order valence-corrected chi connectivity index (χ1v) is 8.79. The van der Waals surface area contributed by atoms with E-state index in [1.165, 1.54) is 11.1 Å². The highest BCUT2D eigenvalue weighted by atomic mass is 16.6. The highest BCUT2D eigenvalue weighted by Crippen LogP contribution is 2.34. The van der Waals surface area contributed by atoms with Crippen LogP contribution < -0.4 is 4.74 Å². The Bertz CT molecular complexity index is 713. The second kappa shape index (κ2) is 6.45. The summed E-state index contributed by atoms with van der Waals surface area (Å²) in [5.74, 6) is 0.873. The van der Waals surface area contributed by atoms with E-state index < -0.39 is 6.10 Å². The van der Waals surface area contributed by atoms with E-state index in [2.05, 4.69) is 38.1 Å². The highest BCUT2D eigenvalue weighted by molar-refractivity contribution is 5.41. The smallest absolute Gasteiger partial charge is 0.119 e. The van der Waals surface area contributed by atoms with Gasteiger partial charge in [-0.1, -0.05) is 50.2 Å². The lowest BCUT2D eigenvalue weighted by atomic mass is 9.78. The van der Waals surface area contributed by atoms with Gasteiger partial charge in [0.15, 0.2) is 0 Å². The molecule has 4 nitrogen and oxygen atoms in total. The molecule has 3 atom stereocenters. The molecule has 132 valence electrons. The van der Waals surface area contributed by atoms with E-state index in [0.29, 0.717) is 13.2 Å². The van der Waals surface area contributed by atoms with Crippen LogP contribution in [0.25, 0.3) is 0 Å². The molecule has 0 bridgehead atoms. The van der Waals surface area contributed by atoms with Gasteiger partial charge in [0.2, 0.25) is 0 Å². The third kappa shape index (κ3) is 3.71. The molecule has 3 unspecified atom stereocenters. The summed E-state index contributed by atoms with van der Waals surface area (Å²) in [6.45, 7) is 6.49. The molecule has 2 aromatic carbocycles. The molecule has 2 saturated heterocycles. The lowest BCUT2D eigenvalue weighted by Gasteiger charge is -2.27. The Hall–Kier alpha value is -1.88. The highest BCUT2D eigenvalue weighted by Gasteiger charge is 2.32. The normalized spacial score (nSPS) is 23.2. The zero-order chi connectivity index (χ0) is 17.4. The van der Waals surface area contributed by atoms with Crippen molar-refractivity contribution in [3.8, 4) is 5.75 Å². The summed E-state index contributed by atoms with van der Waals surface area (Å²) in [5.41, 5.74) is 3.21. The molecule has 0 aromatic heterocycles. The van der Waals surface area contributed by atoms with Crippen molar-refractivity contribution in [1.29, 1.82) is 0 Å². The summed E-state index contributed by atoms with van der Waals surface area (Å²) in [5, 5.41) is 10.1. The van der Waals surface area contributed by atoms with Gasteiger partial charge in [-0.3, -0.25) is 0 Å². The maximum atomic E-state index is 10.1. The van der Waals surface area contributed by atoms with Crippen molar-refractivity contribution in [2.75, 3.05) is 19.8 Å². The summed E-state index contributed by atoms with van der Waals surface area (Å²) >= 11 is 0. The summed E-state index contributed by atoms with van der Waals surface area (Å²) in [7, 11) is 0. The predicted octanol–water partition coefficient (Wildman–Crippen LogP) is 3.22. The first kappa shape index (κ1) is 16.6. The number of aliphatic hydroxyl groups excluding tert-OH is 1. The molecule has 4 heteroatoms. The van der Waals surface area contributed by atoms with E-state index in [0.717, 1.165) is 17.9 Å². The molecule has 4 rings (SSSR count). The van der Waals surface area contributed by atoms with Crippen LogP contribution >= 0.6 is 0 Å². The quantitative estimate of drug-likeness (QED) is 0.786. The molecule has 0 aliphatic carbocycles. The van der Waals surface area contributed by atoms with Crippen LogP contribution in [0.4, 0.5) is 0 Å². The summed E-state index contributed by atoms with van der Waals surface area (Å²) in [6, 6.07) is 16.4. The van der Waals surface area contributed by atoms with Crippen molar-refractivity contribution in [1.82, 2.24) is 0 Å². The van der Waals surface area contributed by atoms with Gasteiger partial charge in [0, 0.05) is 5.41 Å². The van der Waals surface area contributed by atoms with Crippen molar-refractivity contribution in [3.63, 3.8) is 0 Å². The SMILES string of the molecule is CC(C)(c1ccc(OCC2CO2)cc1)c1ccc(C(O)C2CO2)cc1. The van der Waals surface area contributed by atoms with Gasteiger partial charge in [0.1, 0.15) is 30.7 Å². The van der Waals surface area contributed by atoms with Crippen LogP contribution in [0.1, 0.15) is 36.6 Å². The minimum absolute atomic E-state index is 0.0348. The Morgan fingerprint density at radius 3 is 2.08 bits per heavy atom. The van der Waals surface area contributed by atoms with Crippen LogP contribution in [0.5, 0.6) is 5.75 Å². The van der Waals surface area contributed by atoms with Gasteiger partial charge in [-0.05, 0) is 28.8 Å². The zero-order valence-corrected chi connectivity index (χ0v) is 14.6. The van der Waals surface area contributed by atoms with Crippen LogP contribution in [-0.4, -0.2) is 37.1 Å². The number of rotatable bonds is 7. The van der Waals surface area contributed by atoms with Gasteiger partial charge in [-0.2, -0.15) is 0 Å². The molecule has 2 heterocycles. The molecule has 0 radical (unpaired) electrons. The Balaban J connectivity index is 1.47. The number of ether oxygens (including phenoxy) is 3. The van der Waals surface area contributed by atoms with E-state index in [-0.39, 0.29) is 17.6 Å². The van der Waals surface area contributed by atoms with Crippen molar-refractivity contribution in [2.24, 2.45) is 0 Å². The number of hydrogen-bond acceptors (Lipinski definition) is 4. The van der Waals surface area contributed by atoms with Gasteiger partial charge in [0.25, 0.3) is 0 Å². The number of hydrogen-bond donors (Lipinski definition) is 1. The fourth-order valence-electron chi connectivity index (χ4n) is 3.04. The largest absolute Gasteiger partial charge is 0.491 e. The van der Waals surface area contributed by atoms with Gasteiger partial charge in [0.05, 0.1) is 13.2 Å². The summed E-state index contributed by atoms with van der Waals surface area (Å²) in [4.78, 5) is 0. The standard InChI is InChI=1S/C21H24O4/c1-21(2,15-5-3-14(4-6-15)20(22)19-13-25-19)16-7-9-17(10-8-16)23-11-18-12-24-18/h3-10,18-20,22H,11-13H2,1-2H3. The number of epoxide rings is 2. The topological polar surface area (TPSA) is 54.5 Å². The third-order valence-corrected chi connectivity index (χ3v) is 5.10. The molecule has 0 spiro atoms. The van der Waals surface area contributed by atoms with Crippen LogP contribution in [0.2, 0.25) is 0 Å². The fraction of sp³-hybridized carbons (Fsp3) is 0.429. The molecule has 1 N–H and O–H groups in total. The van der Waals surface area contributed by atoms with Crippen LogP contribution in [-0.2, 0) is 14.9 Å². The molecule has 25 heavy (non-hydrogen) atoms. The van der Waals surface area contributed by atoms with Crippen LogP contribution in [0.3, 0.4) is 0 Å². The van der Waals surface area contributed by atoms with Gasteiger partial charge in [-0.15, -0.1) is 0 Å². The first-order valence-electron chi connectivity index (χ1n) is 8.79. The second-order valence-corrected chi connectivity index (χ2v) is 7.35. The lowest BCUT2D eigenvalue weighted by molar-refractivity contribution is 0.137. The van der Waals surface area contributed by atoms with E-state index in [1.54, 1.807) is 0 Å². The average Bonchev–Trinajstić information content (AvgIpc) is 3.53. The van der Waals surface area contributed by atoms with E-state index in [1.807, 2.05) is 24.3 Å². The van der Waals surface area contributed by atoms with Crippen molar-refractivity contribution >= 4 is 0 Å². The van der Waals surface area contributed by atoms with Gasteiger partial charge in [-0.25, -0.2) is 0 Å². The average molecular weight is 340 g/mol. The predicted molar refractivity (Wildman–Crippen MR) is 94.9 cm³/mol. The van der Waals surface area contributed by atoms with Crippen molar-refractivity contribution in [3.05, 3.63) is 65.2 Å². The Kier molecular flexibility index (Phi) is 4.28. The minimum atomic E-state index is -0.524. The number of benzene rings is 2. The molecule has 0 saturated carbocycles.